The Morgan fingerprint density at radius 1 is 1.23 bits per heavy atom. The Kier molecular flexibility index (Phi) is 5.39. The van der Waals surface area contributed by atoms with Crippen molar-refractivity contribution in [3.05, 3.63) is 29.8 Å². The quantitative estimate of drug-likeness (QED) is 0.737. The third-order valence-corrected chi connectivity index (χ3v) is 6.67. The zero-order valence-corrected chi connectivity index (χ0v) is 16.0. The summed E-state index contributed by atoms with van der Waals surface area (Å²) in [5.74, 6) is -0.621. The van der Waals surface area contributed by atoms with Crippen LogP contribution in [0.2, 0.25) is 0 Å². The topological polar surface area (TPSA) is 87.2 Å². The van der Waals surface area contributed by atoms with Gasteiger partial charge in [0.05, 0.1) is 16.9 Å². The zero-order valence-electron chi connectivity index (χ0n) is 15.2. The van der Waals surface area contributed by atoms with E-state index in [4.69, 9.17) is 4.74 Å². The van der Waals surface area contributed by atoms with Crippen LogP contribution in [-0.4, -0.2) is 82.0 Å². The second kappa shape index (κ2) is 7.26. The van der Waals surface area contributed by atoms with Gasteiger partial charge in [-0.05, 0) is 17.7 Å². The predicted octanol–water partition coefficient (Wildman–Crippen LogP) is 0.555. The Balaban J connectivity index is 1.67. The van der Waals surface area contributed by atoms with Crippen molar-refractivity contribution in [1.29, 1.82) is 0 Å². The third-order valence-electron chi connectivity index (χ3n) is 5.55. The minimum atomic E-state index is -3.20. The van der Waals surface area contributed by atoms with E-state index in [-0.39, 0.29) is 5.92 Å². The van der Waals surface area contributed by atoms with Gasteiger partial charge in [-0.15, -0.1) is 0 Å². The molecule has 2 aliphatic rings. The first-order valence-corrected chi connectivity index (χ1v) is 10.6. The molecule has 0 aromatic heterocycles. The van der Waals surface area contributed by atoms with Crippen LogP contribution in [0, 0.1) is 11.3 Å². The number of sulfone groups is 1. The van der Waals surface area contributed by atoms with Gasteiger partial charge in [-0.25, -0.2) is 8.42 Å². The summed E-state index contributed by atoms with van der Waals surface area (Å²) in [5.41, 5.74) is 0.273. The minimum Gasteiger partial charge on any atom is -0.481 e. The highest BCUT2D eigenvalue weighted by Gasteiger charge is 2.57. The lowest BCUT2D eigenvalue weighted by Crippen LogP contribution is -2.41. The summed E-state index contributed by atoms with van der Waals surface area (Å²) in [4.78, 5) is 16.7. The van der Waals surface area contributed by atoms with Gasteiger partial charge in [-0.1, -0.05) is 12.1 Å². The van der Waals surface area contributed by atoms with E-state index in [0.29, 0.717) is 31.1 Å². The Labute approximate surface area is 154 Å². The first-order chi connectivity index (χ1) is 12.2. The van der Waals surface area contributed by atoms with Crippen LogP contribution in [0.3, 0.4) is 0 Å². The molecule has 0 unspecified atom stereocenters. The highest BCUT2D eigenvalue weighted by Crippen LogP contribution is 2.43. The highest BCUT2D eigenvalue weighted by molar-refractivity contribution is 7.90. The number of aliphatic carboxylic acids is 1. The fourth-order valence-electron chi connectivity index (χ4n) is 4.19. The molecular weight excluding hydrogens is 356 g/mol. The molecule has 0 amide bonds. The summed E-state index contributed by atoms with van der Waals surface area (Å²) in [6, 6.07) is 6.84. The summed E-state index contributed by atoms with van der Waals surface area (Å²) in [5, 5.41) is 9.88. The summed E-state index contributed by atoms with van der Waals surface area (Å²) in [6.07, 6.45) is 1.19. The first kappa shape index (κ1) is 19.3. The van der Waals surface area contributed by atoms with Gasteiger partial charge in [-0.3, -0.25) is 14.6 Å². The Bertz CT molecular complexity index is 764. The number of methoxy groups -OCH3 is 1. The fraction of sp³-hybridized carbons (Fsp3) is 0.611. The number of carbonyl (C=O) groups is 1. The molecule has 1 aromatic carbocycles. The van der Waals surface area contributed by atoms with Crippen molar-refractivity contribution in [2.75, 3.05) is 52.7 Å². The van der Waals surface area contributed by atoms with E-state index in [1.54, 1.807) is 19.2 Å². The Morgan fingerprint density at radius 3 is 2.38 bits per heavy atom. The number of benzene rings is 1. The second-order valence-corrected chi connectivity index (χ2v) is 9.49. The number of likely N-dealkylation sites (tertiary alicyclic amines) is 2. The van der Waals surface area contributed by atoms with Crippen molar-refractivity contribution in [3.8, 4) is 0 Å². The first-order valence-electron chi connectivity index (χ1n) is 8.70. The van der Waals surface area contributed by atoms with Crippen LogP contribution >= 0.6 is 0 Å². The lowest BCUT2D eigenvalue weighted by molar-refractivity contribution is -0.149. The van der Waals surface area contributed by atoms with Gasteiger partial charge < -0.3 is 9.84 Å². The molecule has 2 fully saturated rings. The molecule has 1 N–H and O–H groups in total. The molecule has 2 aliphatic heterocycles. The van der Waals surface area contributed by atoms with Gasteiger partial charge in [0.2, 0.25) is 0 Å². The maximum atomic E-state index is 12.0. The van der Waals surface area contributed by atoms with Crippen LogP contribution in [0.5, 0.6) is 0 Å². The lowest BCUT2D eigenvalue weighted by atomic mass is 9.81. The normalized spacial score (nSPS) is 26.9. The van der Waals surface area contributed by atoms with Crippen molar-refractivity contribution in [2.45, 2.75) is 11.4 Å². The van der Waals surface area contributed by atoms with E-state index in [2.05, 4.69) is 9.80 Å². The highest BCUT2D eigenvalue weighted by atomic mass is 32.2. The molecule has 144 valence electrons. The monoisotopic (exact) mass is 382 g/mol. The van der Waals surface area contributed by atoms with Gasteiger partial charge in [-0.2, -0.15) is 0 Å². The standard InChI is InChI=1S/C18H26N2O5S/c1-25-8-7-19-10-15-11-20(13-18(15,12-19)17(21)22)9-14-3-5-16(6-4-14)26(2,23)24/h3-6,15H,7-13H2,1-2H3,(H,21,22)/t15-,18-/m1/s1. The molecule has 0 aliphatic carbocycles. The van der Waals surface area contributed by atoms with E-state index >= 15 is 0 Å². The molecule has 0 saturated carbocycles. The Morgan fingerprint density at radius 2 is 1.85 bits per heavy atom. The summed E-state index contributed by atoms with van der Waals surface area (Å²) < 4.78 is 28.2. The number of nitrogens with zero attached hydrogens (tertiary/aromatic N) is 2. The van der Waals surface area contributed by atoms with Crippen LogP contribution in [0.15, 0.2) is 29.2 Å². The number of ether oxygens (including phenoxy) is 1. The molecule has 0 radical (unpaired) electrons. The number of carboxylic acids is 1. The maximum absolute atomic E-state index is 12.0. The zero-order chi connectivity index (χ0) is 18.9. The molecule has 26 heavy (non-hydrogen) atoms. The Hall–Kier alpha value is -1.48. The van der Waals surface area contributed by atoms with Gasteiger partial charge >= 0.3 is 5.97 Å². The van der Waals surface area contributed by atoms with Crippen molar-refractivity contribution >= 4 is 15.8 Å². The van der Waals surface area contributed by atoms with E-state index in [1.807, 2.05) is 12.1 Å². The molecule has 2 heterocycles. The van der Waals surface area contributed by atoms with Crippen LogP contribution in [0.1, 0.15) is 5.56 Å². The van der Waals surface area contributed by atoms with Gasteiger partial charge in [0, 0.05) is 58.6 Å². The van der Waals surface area contributed by atoms with Crippen molar-refractivity contribution in [3.63, 3.8) is 0 Å². The van der Waals surface area contributed by atoms with Crippen molar-refractivity contribution in [2.24, 2.45) is 11.3 Å². The number of carboxylic acid groups (broad SMARTS) is 1. The molecule has 2 atom stereocenters. The van der Waals surface area contributed by atoms with Crippen LogP contribution in [0.25, 0.3) is 0 Å². The van der Waals surface area contributed by atoms with Crippen LogP contribution < -0.4 is 0 Å². The molecule has 3 rings (SSSR count). The van der Waals surface area contributed by atoms with E-state index in [9.17, 15) is 18.3 Å². The molecule has 0 spiro atoms. The largest absolute Gasteiger partial charge is 0.481 e. The van der Waals surface area contributed by atoms with E-state index in [0.717, 1.165) is 25.2 Å². The SMILES string of the molecule is COCCN1C[C@@H]2CN(Cc3ccc(S(C)(=O)=O)cc3)C[C@]2(C(=O)O)C1. The third kappa shape index (κ3) is 3.78. The maximum Gasteiger partial charge on any atom is 0.312 e. The summed E-state index contributed by atoms with van der Waals surface area (Å²) >= 11 is 0. The molecule has 8 heteroatoms. The minimum absolute atomic E-state index is 0.104. The number of fused-ring (bicyclic) bond motifs is 1. The van der Waals surface area contributed by atoms with Crippen LogP contribution in [0.4, 0.5) is 0 Å². The second-order valence-electron chi connectivity index (χ2n) is 7.47. The molecular formula is C18H26N2O5S. The van der Waals surface area contributed by atoms with Crippen molar-refractivity contribution < 1.29 is 23.1 Å². The predicted molar refractivity (Wildman–Crippen MR) is 96.7 cm³/mol. The average molecular weight is 382 g/mol. The van der Waals surface area contributed by atoms with Crippen LogP contribution in [-0.2, 0) is 25.9 Å². The van der Waals surface area contributed by atoms with E-state index in [1.165, 1.54) is 6.26 Å². The van der Waals surface area contributed by atoms with Gasteiger partial charge in [0.1, 0.15) is 0 Å². The molecule has 0 bridgehead atoms. The van der Waals surface area contributed by atoms with Crippen molar-refractivity contribution in [1.82, 2.24) is 9.80 Å². The number of rotatable bonds is 7. The van der Waals surface area contributed by atoms with Gasteiger partial charge in [0.15, 0.2) is 9.84 Å². The smallest absolute Gasteiger partial charge is 0.312 e. The number of hydrogen-bond donors (Lipinski definition) is 1. The molecule has 2 saturated heterocycles. The number of hydrogen-bond acceptors (Lipinski definition) is 6. The summed E-state index contributed by atoms with van der Waals surface area (Å²) in [7, 11) is -1.55. The lowest BCUT2D eigenvalue weighted by Gasteiger charge is -2.25. The fourth-order valence-corrected chi connectivity index (χ4v) is 4.82. The van der Waals surface area contributed by atoms with E-state index < -0.39 is 21.2 Å². The average Bonchev–Trinajstić information content (AvgIpc) is 3.07. The molecule has 1 aromatic rings. The summed E-state index contributed by atoms with van der Waals surface area (Å²) in [6.45, 7) is 4.59. The molecule has 7 nitrogen and oxygen atoms in total. The van der Waals surface area contributed by atoms with Gasteiger partial charge in [0.25, 0.3) is 0 Å².